The van der Waals surface area contributed by atoms with E-state index in [1.54, 1.807) is 12.3 Å². The van der Waals surface area contributed by atoms with Gasteiger partial charge in [0.05, 0.1) is 5.69 Å². The van der Waals surface area contributed by atoms with Crippen LogP contribution in [0.5, 0.6) is 0 Å². The molecule has 0 saturated heterocycles. The Hall–Kier alpha value is -3.29. The second-order valence-corrected chi connectivity index (χ2v) is 5.61. The molecule has 0 bridgehead atoms. The molecule has 3 N–H and O–H groups in total. The van der Waals surface area contributed by atoms with E-state index in [2.05, 4.69) is 15.4 Å². The smallest absolute Gasteiger partial charge is 0.273 e. The SMILES string of the molecule is Cc1cccnc1NC(=O)C1=NN(c2ccc(F)cc2)[C@H](C(N)=O)C1. The van der Waals surface area contributed by atoms with Gasteiger partial charge in [0, 0.05) is 12.6 Å². The van der Waals surface area contributed by atoms with E-state index in [0.29, 0.717) is 11.5 Å². The number of amides is 2. The third-order valence-corrected chi connectivity index (χ3v) is 3.83. The third kappa shape index (κ3) is 3.47. The van der Waals surface area contributed by atoms with Gasteiger partial charge < -0.3 is 11.1 Å². The van der Waals surface area contributed by atoms with Crippen molar-refractivity contribution in [2.45, 2.75) is 19.4 Å². The van der Waals surface area contributed by atoms with Crippen LogP contribution in [0.1, 0.15) is 12.0 Å². The summed E-state index contributed by atoms with van der Waals surface area (Å²) in [6.45, 7) is 1.82. The standard InChI is InChI=1S/C17H16FN5O2/c1-10-3-2-8-20-16(10)21-17(25)13-9-14(15(19)24)23(22-13)12-6-4-11(18)5-7-12/h2-8,14H,9H2,1H3,(H2,19,24)(H,20,21,25)/t14-/m0/s1. The minimum atomic E-state index is -0.809. The number of hydrazone groups is 1. The van der Waals surface area contributed by atoms with E-state index in [0.717, 1.165) is 5.56 Å². The zero-order valence-corrected chi connectivity index (χ0v) is 13.4. The number of aryl methyl sites for hydroxylation is 1. The van der Waals surface area contributed by atoms with Crippen molar-refractivity contribution in [2.24, 2.45) is 10.8 Å². The maximum absolute atomic E-state index is 13.1. The van der Waals surface area contributed by atoms with E-state index in [1.807, 2.05) is 13.0 Å². The first-order valence-corrected chi connectivity index (χ1v) is 7.60. The van der Waals surface area contributed by atoms with E-state index in [1.165, 1.54) is 29.3 Å². The number of anilines is 2. The Morgan fingerprint density at radius 1 is 1.28 bits per heavy atom. The van der Waals surface area contributed by atoms with E-state index in [-0.39, 0.29) is 12.1 Å². The Morgan fingerprint density at radius 2 is 2.00 bits per heavy atom. The number of nitrogens with two attached hydrogens (primary N) is 1. The predicted octanol–water partition coefficient (Wildman–Crippen LogP) is 1.59. The Kier molecular flexibility index (Phi) is 4.42. The summed E-state index contributed by atoms with van der Waals surface area (Å²) in [4.78, 5) is 28.3. The molecule has 7 nitrogen and oxygen atoms in total. The lowest BCUT2D eigenvalue weighted by Crippen LogP contribution is -2.39. The molecule has 0 radical (unpaired) electrons. The van der Waals surface area contributed by atoms with Crippen molar-refractivity contribution in [1.82, 2.24) is 4.98 Å². The lowest BCUT2D eigenvalue weighted by atomic mass is 10.1. The maximum Gasteiger partial charge on any atom is 0.273 e. The monoisotopic (exact) mass is 341 g/mol. The van der Waals surface area contributed by atoms with Crippen LogP contribution in [0.3, 0.4) is 0 Å². The average molecular weight is 341 g/mol. The molecule has 25 heavy (non-hydrogen) atoms. The first-order valence-electron chi connectivity index (χ1n) is 7.60. The van der Waals surface area contributed by atoms with E-state index in [4.69, 9.17) is 5.73 Å². The molecule has 2 heterocycles. The molecule has 2 aromatic rings. The summed E-state index contributed by atoms with van der Waals surface area (Å²) in [5.74, 6) is -1.07. The number of rotatable bonds is 4. The van der Waals surface area contributed by atoms with E-state index >= 15 is 0 Å². The van der Waals surface area contributed by atoms with Crippen molar-refractivity contribution in [3.63, 3.8) is 0 Å². The zero-order valence-electron chi connectivity index (χ0n) is 13.4. The zero-order chi connectivity index (χ0) is 18.0. The molecule has 128 valence electrons. The van der Waals surface area contributed by atoms with Crippen LogP contribution in [-0.4, -0.2) is 28.6 Å². The van der Waals surface area contributed by atoms with Gasteiger partial charge in [-0.25, -0.2) is 9.37 Å². The highest BCUT2D eigenvalue weighted by atomic mass is 19.1. The summed E-state index contributed by atoms with van der Waals surface area (Å²) in [5.41, 5.74) is 6.85. The van der Waals surface area contributed by atoms with Crippen LogP contribution >= 0.6 is 0 Å². The molecule has 0 fully saturated rings. The number of primary amides is 1. The van der Waals surface area contributed by atoms with Crippen LogP contribution < -0.4 is 16.1 Å². The van der Waals surface area contributed by atoms with Crippen LogP contribution in [0.25, 0.3) is 0 Å². The average Bonchev–Trinajstić information content (AvgIpc) is 3.03. The van der Waals surface area contributed by atoms with Gasteiger partial charge in [-0.05, 0) is 42.8 Å². The van der Waals surface area contributed by atoms with Crippen molar-refractivity contribution in [3.05, 3.63) is 54.0 Å². The lowest BCUT2D eigenvalue weighted by Gasteiger charge is -2.20. The number of hydrogen-bond acceptors (Lipinski definition) is 5. The highest BCUT2D eigenvalue weighted by molar-refractivity contribution is 6.44. The molecular weight excluding hydrogens is 325 g/mol. The second kappa shape index (κ2) is 6.68. The molecule has 8 heteroatoms. The Morgan fingerprint density at radius 3 is 2.64 bits per heavy atom. The fourth-order valence-corrected chi connectivity index (χ4v) is 2.50. The van der Waals surface area contributed by atoms with Crippen LogP contribution in [0.4, 0.5) is 15.9 Å². The first kappa shape index (κ1) is 16.6. The number of nitrogens with zero attached hydrogens (tertiary/aromatic N) is 3. The second-order valence-electron chi connectivity index (χ2n) is 5.61. The van der Waals surface area contributed by atoms with Gasteiger partial charge >= 0.3 is 0 Å². The van der Waals surface area contributed by atoms with Gasteiger partial charge in [0.1, 0.15) is 23.4 Å². The number of pyridine rings is 1. The molecule has 1 aromatic carbocycles. The molecule has 0 spiro atoms. The molecule has 1 aromatic heterocycles. The summed E-state index contributed by atoms with van der Waals surface area (Å²) in [7, 11) is 0. The van der Waals surface area contributed by atoms with Crippen molar-refractivity contribution in [3.8, 4) is 0 Å². The van der Waals surface area contributed by atoms with Crippen molar-refractivity contribution in [1.29, 1.82) is 0 Å². The van der Waals surface area contributed by atoms with Gasteiger partial charge in [-0.2, -0.15) is 5.10 Å². The minimum absolute atomic E-state index is 0.0599. The lowest BCUT2D eigenvalue weighted by molar-refractivity contribution is -0.119. The van der Waals surface area contributed by atoms with Gasteiger partial charge in [-0.3, -0.25) is 14.6 Å². The molecule has 2 amide bonds. The third-order valence-electron chi connectivity index (χ3n) is 3.83. The normalized spacial score (nSPS) is 16.5. The summed E-state index contributed by atoms with van der Waals surface area (Å²) >= 11 is 0. The Labute approximate surface area is 143 Å². The number of hydrogen-bond donors (Lipinski definition) is 2. The molecular formula is C17H16FN5O2. The fraction of sp³-hybridized carbons (Fsp3) is 0.176. The van der Waals surface area contributed by atoms with Gasteiger partial charge in [-0.1, -0.05) is 6.07 Å². The summed E-state index contributed by atoms with van der Waals surface area (Å²) < 4.78 is 13.1. The quantitative estimate of drug-likeness (QED) is 0.882. The number of carbonyl (C=O) groups is 2. The number of nitrogens with one attached hydrogen (secondary N) is 1. The molecule has 0 saturated carbocycles. The first-order chi connectivity index (χ1) is 12.0. The molecule has 0 aliphatic carbocycles. The summed E-state index contributed by atoms with van der Waals surface area (Å²) in [6, 6.07) is 8.21. The van der Waals surface area contributed by atoms with Crippen molar-refractivity contribution < 1.29 is 14.0 Å². The topological polar surface area (TPSA) is 101 Å². The molecule has 1 atom stereocenters. The molecule has 1 aliphatic rings. The van der Waals surface area contributed by atoms with Crippen LogP contribution in [-0.2, 0) is 9.59 Å². The number of halogens is 1. The van der Waals surface area contributed by atoms with E-state index in [9.17, 15) is 14.0 Å². The van der Waals surface area contributed by atoms with Crippen LogP contribution in [0.2, 0.25) is 0 Å². The van der Waals surface area contributed by atoms with Gasteiger partial charge in [0.25, 0.3) is 5.91 Å². The van der Waals surface area contributed by atoms with Gasteiger partial charge in [0.2, 0.25) is 5.91 Å². The fourth-order valence-electron chi connectivity index (χ4n) is 2.50. The highest BCUT2D eigenvalue weighted by Gasteiger charge is 2.35. The molecule has 1 aliphatic heterocycles. The van der Waals surface area contributed by atoms with Gasteiger partial charge in [0.15, 0.2) is 0 Å². The molecule has 0 unspecified atom stereocenters. The number of aromatic nitrogens is 1. The Balaban J connectivity index is 1.85. The summed E-state index contributed by atoms with van der Waals surface area (Å²) in [5, 5.41) is 8.21. The van der Waals surface area contributed by atoms with Gasteiger partial charge in [-0.15, -0.1) is 0 Å². The highest BCUT2D eigenvalue weighted by Crippen LogP contribution is 2.25. The minimum Gasteiger partial charge on any atom is -0.368 e. The maximum atomic E-state index is 13.1. The van der Waals surface area contributed by atoms with Crippen LogP contribution in [0.15, 0.2) is 47.7 Å². The predicted molar refractivity (Wildman–Crippen MR) is 91.5 cm³/mol. The van der Waals surface area contributed by atoms with Crippen molar-refractivity contribution >= 4 is 29.0 Å². The van der Waals surface area contributed by atoms with E-state index < -0.39 is 23.7 Å². The van der Waals surface area contributed by atoms with Crippen LogP contribution in [0, 0.1) is 12.7 Å². The Bertz CT molecular complexity index is 850. The number of benzene rings is 1. The summed E-state index contributed by atoms with van der Waals surface area (Å²) in [6.07, 6.45) is 1.63. The molecule has 3 rings (SSSR count). The largest absolute Gasteiger partial charge is 0.368 e. The number of carbonyl (C=O) groups excluding carboxylic acids is 2. The van der Waals surface area contributed by atoms with Crippen molar-refractivity contribution in [2.75, 3.05) is 10.3 Å².